The van der Waals surface area contributed by atoms with Crippen LogP contribution in [0, 0.1) is 11.8 Å². The molecule has 3 aliphatic rings. The van der Waals surface area contributed by atoms with E-state index < -0.39 is 44.2 Å². The van der Waals surface area contributed by atoms with E-state index in [1.165, 1.54) is 24.3 Å². The number of benzene rings is 2. The van der Waals surface area contributed by atoms with Crippen molar-refractivity contribution in [3.8, 4) is 0 Å². The molecule has 2 fully saturated rings. The molecule has 15 heteroatoms. The maximum absolute atomic E-state index is 14.6. The lowest BCUT2D eigenvalue weighted by Gasteiger charge is -2.43. The smallest absolute Gasteiger partial charge is 0.460 e. The van der Waals surface area contributed by atoms with Crippen LogP contribution >= 0.6 is 11.6 Å². The highest BCUT2D eigenvalue weighted by Gasteiger charge is 2.73. The molecule has 6 nitrogen and oxygen atoms in total. The lowest BCUT2D eigenvalue weighted by atomic mass is 9.77. The number of nitrogens with zero attached hydrogens (tertiary/aromatic N) is 1. The number of carbonyl (C=O) groups excluding carboxylic acids is 1. The topological polar surface area (TPSA) is 91.8 Å². The van der Waals surface area contributed by atoms with Crippen molar-refractivity contribution in [3.63, 3.8) is 0 Å². The molecule has 1 aliphatic heterocycles. The van der Waals surface area contributed by atoms with Gasteiger partial charge in [-0.25, -0.2) is 8.42 Å². The Morgan fingerprint density at radius 1 is 0.978 bits per heavy atom. The molecule has 5 rings (SSSR count). The van der Waals surface area contributed by atoms with E-state index in [9.17, 15) is 43.9 Å². The number of rotatable bonds is 5. The van der Waals surface area contributed by atoms with Gasteiger partial charge < -0.3 is 10.0 Å². The second kappa shape index (κ2) is 12.4. The van der Waals surface area contributed by atoms with Crippen LogP contribution in [0.15, 0.2) is 47.4 Å². The Hall–Kier alpha value is -2.87. The SMILES string of the molecule is CC1CCC(C(=O)N2CCC3(S(=O)(=O)c4ccc(Cl)cc4)c4ccc(C(F)(F)C(F)(F)C(F)(F)F)cc4CCC23)CC1.O=CO. The number of fused-ring (bicyclic) bond motifs is 3. The number of carboxylic acid groups (broad SMARTS) is 1. The fourth-order valence-corrected chi connectivity index (χ4v) is 9.40. The van der Waals surface area contributed by atoms with E-state index >= 15 is 0 Å². The predicted molar refractivity (Wildman–Crippen MR) is 150 cm³/mol. The highest BCUT2D eigenvalue weighted by atomic mass is 35.5. The molecule has 2 atom stereocenters. The normalized spacial score (nSPS) is 25.4. The van der Waals surface area contributed by atoms with Gasteiger partial charge in [-0.15, -0.1) is 0 Å². The Kier molecular flexibility index (Phi) is 9.63. The number of hydrogen-bond acceptors (Lipinski definition) is 4. The van der Waals surface area contributed by atoms with E-state index in [4.69, 9.17) is 21.5 Å². The minimum Gasteiger partial charge on any atom is -0.483 e. The number of alkyl halides is 7. The summed E-state index contributed by atoms with van der Waals surface area (Å²) in [5, 5.41) is 7.15. The second-order valence-electron chi connectivity index (χ2n) is 11.8. The Morgan fingerprint density at radius 3 is 2.11 bits per heavy atom. The zero-order valence-electron chi connectivity index (χ0n) is 24.0. The van der Waals surface area contributed by atoms with Crippen LogP contribution in [0.2, 0.25) is 5.02 Å². The standard InChI is InChI=1S/C29H29ClF7NO3S.CH2O2/c1-17-2-4-18(5-3-17)25(39)38-15-14-26(42(40,41)22-10-8-21(30)9-11-22)23-12-7-20(16-19(23)6-13-24(26)38)27(31,32)28(33,34)29(35,36)37;2-1-3/h7-12,16-18,24H,2-6,13-15H2,1H3;1H,(H,2,3). The van der Waals surface area contributed by atoms with Crippen LogP contribution in [0.25, 0.3) is 0 Å². The van der Waals surface area contributed by atoms with E-state index in [2.05, 4.69) is 6.92 Å². The summed E-state index contributed by atoms with van der Waals surface area (Å²) < 4.78 is 123. The lowest BCUT2D eigenvalue weighted by molar-refractivity contribution is -0.359. The van der Waals surface area contributed by atoms with Gasteiger partial charge >= 0.3 is 18.0 Å². The number of hydrogen-bond donors (Lipinski definition) is 1. The average molecular weight is 686 g/mol. The van der Waals surface area contributed by atoms with Gasteiger partial charge in [0.1, 0.15) is 4.75 Å². The van der Waals surface area contributed by atoms with Crippen molar-refractivity contribution in [3.05, 3.63) is 64.2 Å². The number of sulfone groups is 1. The first-order valence-corrected chi connectivity index (χ1v) is 16.1. The molecular formula is C30H31ClF7NO5S. The highest BCUT2D eigenvalue weighted by Crippen LogP contribution is 2.56. The number of amides is 1. The van der Waals surface area contributed by atoms with Crippen molar-refractivity contribution < 1.29 is 53.8 Å². The summed E-state index contributed by atoms with van der Waals surface area (Å²) in [5.41, 5.74) is -1.61. The summed E-state index contributed by atoms with van der Waals surface area (Å²) in [4.78, 5) is 23.5. The predicted octanol–water partition coefficient (Wildman–Crippen LogP) is 7.37. The highest BCUT2D eigenvalue weighted by molar-refractivity contribution is 7.92. The molecule has 2 aromatic rings. The van der Waals surface area contributed by atoms with Crippen molar-refractivity contribution >= 4 is 33.8 Å². The first-order valence-electron chi connectivity index (χ1n) is 14.2. The first-order chi connectivity index (χ1) is 20.9. The molecular weight excluding hydrogens is 655 g/mol. The van der Waals surface area contributed by atoms with Crippen molar-refractivity contribution in [2.75, 3.05) is 6.54 Å². The van der Waals surface area contributed by atoms with Gasteiger partial charge in [0.25, 0.3) is 6.47 Å². The molecule has 1 amide bonds. The molecule has 0 radical (unpaired) electrons. The van der Waals surface area contributed by atoms with E-state index in [0.717, 1.165) is 18.9 Å². The van der Waals surface area contributed by atoms with Gasteiger partial charge in [-0.05, 0) is 92.3 Å². The molecule has 2 unspecified atom stereocenters. The summed E-state index contributed by atoms with van der Waals surface area (Å²) in [7, 11) is -4.36. The average Bonchev–Trinajstić information content (AvgIpc) is 3.39. The number of aryl methyl sites for hydroxylation is 1. The van der Waals surface area contributed by atoms with Crippen LogP contribution < -0.4 is 0 Å². The lowest BCUT2D eigenvalue weighted by Crippen LogP contribution is -2.53. The Bertz CT molecular complexity index is 1530. The van der Waals surface area contributed by atoms with Crippen LogP contribution in [-0.2, 0) is 36.5 Å². The van der Waals surface area contributed by atoms with Gasteiger partial charge in [-0.3, -0.25) is 9.59 Å². The van der Waals surface area contributed by atoms with Crippen LogP contribution in [0.3, 0.4) is 0 Å². The molecule has 1 heterocycles. The van der Waals surface area contributed by atoms with Gasteiger partial charge in [0.05, 0.1) is 10.9 Å². The van der Waals surface area contributed by atoms with Crippen LogP contribution in [0.5, 0.6) is 0 Å². The largest absolute Gasteiger partial charge is 0.483 e. The van der Waals surface area contributed by atoms with Crippen molar-refractivity contribution in [2.45, 2.75) is 85.6 Å². The molecule has 0 bridgehead atoms. The molecule has 0 aromatic heterocycles. The third kappa shape index (κ3) is 5.81. The molecule has 248 valence electrons. The van der Waals surface area contributed by atoms with Crippen LogP contribution in [0.1, 0.15) is 62.1 Å². The van der Waals surface area contributed by atoms with E-state index in [1.54, 1.807) is 4.90 Å². The van der Waals surface area contributed by atoms with Gasteiger partial charge in [0.2, 0.25) is 5.91 Å². The summed E-state index contributed by atoms with van der Waals surface area (Å²) >= 11 is 5.97. The first kappa shape index (κ1) is 35.0. The summed E-state index contributed by atoms with van der Waals surface area (Å²) in [6, 6.07) is 6.33. The van der Waals surface area contributed by atoms with Gasteiger partial charge in [0, 0.05) is 23.0 Å². The molecule has 0 spiro atoms. The van der Waals surface area contributed by atoms with E-state index in [1.807, 2.05) is 0 Å². The van der Waals surface area contributed by atoms with E-state index in [-0.39, 0.29) is 65.1 Å². The number of halogens is 8. The molecule has 1 saturated carbocycles. The maximum atomic E-state index is 14.6. The third-order valence-corrected chi connectivity index (χ3v) is 12.1. The number of carbonyl (C=O) groups is 2. The van der Waals surface area contributed by atoms with Crippen LogP contribution in [0.4, 0.5) is 30.7 Å². The van der Waals surface area contributed by atoms with Crippen LogP contribution in [-0.4, -0.2) is 55.5 Å². The fourth-order valence-electron chi connectivity index (χ4n) is 6.91. The summed E-state index contributed by atoms with van der Waals surface area (Å²) in [6.07, 6.45) is -3.69. The van der Waals surface area contributed by atoms with Crippen molar-refractivity contribution in [1.82, 2.24) is 4.90 Å². The maximum Gasteiger partial charge on any atom is 0.460 e. The van der Waals surface area contributed by atoms with Crippen molar-refractivity contribution in [1.29, 1.82) is 0 Å². The molecule has 45 heavy (non-hydrogen) atoms. The molecule has 2 aromatic carbocycles. The zero-order chi connectivity index (χ0) is 33.6. The van der Waals surface area contributed by atoms with Gasteiger partial charge in [0.15, 0.2) is 9.84 Å². The number of likely N-dealkylation sites (tertiary alicyclic amines) is 1. The zero-order valence-corrected chi connectivity index (χ0v) is 25.5. The Balaban J connectivity index is 0.00000148. The van der Waals surface area contributed by atoms with Gasteiger partial charge in [-0.1, -0.05) is 30.7 Å². The minimum absolute atomic E-state index is 0.000624. The quantitative estimate of drug-likeness (QED) is 0.262. The molecule has 1 saturated heterocycles. The van der Waals surface area contributed by atoms with Crippen molar-refractivity contribution in [2.24, 2.45) is 11.8 Å². The Morgan fingerprint density at radius 2 is 1.56 bits per heavy atom. The second-order valence-corrected chi connectivity index (χ2v) is 14.4. The van der Waals surface area contributed by atoms with E-state index in [0.29, 0.717) is 30.9 Å². The molecule has 2 aliphatic carbocycles. The molecule has 1 N–H and O–H groups in total. The minimum atomic E-state index is -6.51. The summed E-state index contributed by atoms with van der Waals surface area (Å²) in [6.45, 7) is 1.91. The fraction of sp³-hybridized carbons (Fsp3) is 0.533. The monoisotopic (exact) mass is 685 g/mol. The Labute approximate surface area is 260 Å². The van der Waals surface area contributed by atoms with Gasteiger partial charge in [-0.2, -0.15) is 30.7 Å². The summed E-state index contributed by atoms with van der Waals surface area (Å²) in [5.74, 6) is -12.0. The third-order valence-electron chi connectivity index (χ3n) is 9.25.